The molecule has 1 heterocycles. The molecular formula is C23H27N3O6S. The van der Waals surface area contributed by atoms with Gasteiger partial charge in [0.05, 0.1) is 12.7 Å². The van der Waals surface area contributed by atoms with Crippen molar-refractivity contribution in [2.45, 2.75) is 37.2 Å². The van der Waals surface area contributed by atoms with Crippen LogP contribution in [0.5, 0.6) is 5.75 Å². The normalized spacial score (nSPS) is 15.0. The Kier molecular flexibility index (Phi) is 7.37. The summed E-state index contributed by atoms with van der Waals surface area (Å²) in [6.07, 6.45) is 0.116. The first kappa shape index (κ1) is 24.2. The van der Waals surface area contributed by atoms with Crippen LogP contribution in [0.3, 0.4) is 0 Å². The number of hydrogen-bond donors (Lipinski definition) is 1. The van der Waals surface area contributed by atoms with E-state index in [1.54, 1.807) is 38.3 Å². The van der Waals surface area contributed by atoms with Crippen molar-refractivity contribution in [1.29, 1.82) is 0 Å². The van der Waals surface area contributed by atoms with Crippen LogP contribution in [-0.2, 0) is 26.2 Å². The van der Waals surface area contributed by atoms with Gasteiger partial charge >= 0.3 is 0 Å². The average molecular weight is 474 g/mol. The Morgan fingerprint density at radius 1 is 1.12 bits per heavy atom. The Hall–Kier alpha value is -3.40. The number of likely N-dealkylation sites (N-methyl/N-ethyl adjacent to an activating group) is 1. The van der Waals surface area contributed by atoms with Gasteiger partial charge in [0.15, 0.2) is 0 Å². The predicted molar refractivity (Wildman–Crippen MR) is 121 cm³/mol. The SMILES string of the molecule is CNC(=O)[C@H](C)N(Cc1ccc(OC)cc1)C(=O)CCCN1C(=O)c2ccccc2S1(=O)=O. The van der Waals surface area contributed by atoms with Gasteiger partial charge in [-0.2, -0.15) is 0 Å². The summed E-state index contributed by atoms with van der Waals surface area (Å²) < 4.78 is 31.3. The fourth-order valence-corrected chi connectivity index (χ4v) is 5.30. The highest BCUT2D eigenvalue weighted by Gasteiger charge is 2.40. The van der Waals surface area contributed by atoms with Crippen molar-refractivity contribution >= 4 is 27.7 Å². The number of benzene rings is 2. The lowest BCUT2D eigenvalue weighted by Crippen LogP contribution is -2.46. The van der Waals surface area contributed by atoms with Crippen LogP contribution in [0, 0.1) is 0 Å². The number of nitrogens with zero attached hydrogens (tertiary/aromatic N) is 2. The molecule has 0 fully saturated rings. The first-order valence-electron chi connectivity index (χ1n) is 10.5. The minimum Gasteiger partial charge on any atom is -0.497 e. The minimum absolute atomic E-state index is 0.0179. The first-order valence-corrected chi connectivity index (χ1v) is 11.9. The maximum absolute atomic E-state index is 13.0. The van der Waals surface area contributed by atoms with Crippen LogP contribution >= 0.6 is 0 Å². The number of sulfonamides is 1. The fourth-order valence-electron chi connectivity index (χ4n) is 3.69. The minimum atomic E-state index is -3.92. The number of methoxy groups -OCH3 is 1. The Morgan fingerprint density at radius 3 is 2.39 bits per heavy atom. The maximum Gasteiger partial charge on any atom is 0.269 e. The van der Waals surface area contributed by atoms with Crippen LogP contribution in [0.25, 0.3) is 0 Å². The summed E-state index contributed by atoms with van der Waals surface area (Å²) in [5, 5.41) is 2.55. The zero-order valence-electron chi connectivity index (χ0n) is 18.8. The molecule has 2 aromatic carbocycles. The maximum atomic E-state index is 13.0. The summed E-state index contributed by atoms with van der Waals surface area (Å²) in [5.74, 6) is -0.548. The van der Waals surface area contributed by atoms with Crippen molar-refractivity contribution in [1.82, 2.24) is 14.5 Å². The van der Waals surface area contributed by atoms with Gasteiger partial charge in [0.1, 0.15) is 16.7 Å². The molecule has 33 heavy (non-hydrogen) atoms. The molecule has 1 aliphatic rings. The van der Waals surface area contributed by atoms with Crippen LogP contribution in [-0.4, -0.2) is 62.1 Å². The molecule has 9 nitrogen and oxygen atoms in total. The van der Waals surface area contributed by atoms with Crippen LogP contribution in [0.2, 0.25) is 0 Å². The third-order valence-corrected chi connectivity index (χ3v) is 7.43. The van der Waals surface area contributed by atoms with Crippen molar-refractivity contribution in [2.75, 3.05) is 20.7 Å². The Morgan fingerprint density at radius 2 is 1.79 bits per heavy atom. The monoisotopic (exact) mass is 473 g/mol. The molecule has 0 unspecified atom stereocenters. The van der Waals surface area contributed by atoms with Gasteiger partial charge in [0, 0.05) is 26.6 Å². The largest absolute Gasteiger partial charge is 0.497 e. The van der Waals surface area contributed by atoms with Crippen molar-refractivity contribution in [2.24, 2.45) is 0 Å². The second-order valence-electron chi connectivity index (χ2n) is 7.64. The molecule has 2 aromatic rings. The third-order valence-electron chi connectivity index (χ3n) is 5.59. The zero-order valence-corrected chi connectivity index (χ0v) is 19.6. The van der Waals surface area contributed by atoms with E-state index in [4.69, 9.17) is 4.74 Å². The van der Waals surface area contributed by atoms with Gasteiger partial charge in [-0.05, 0) is 43.2 Å². The van der Waals surface area contributed by atoms with Gasteiger partial charge in [-0.25, -0.2) is 12.7 Å². The van der Waals surface area contributed by atoms with E-state index >= 15 is 0 Å². The fraction of sp³-hybridized carbons (Fsp3) is 0.348. The smallest absolute Gasteiger partial charge is 0.269 e. The lowest BCUT2D eigenvalue weighted by atomic mass is 10.1. The zero-order chi connectivity index (χ0) is 24.2. The van der Waals surface area contributed by atoms with E-state index in [-0.39, 0.29) is 48.2 Å². The number of nitrogens with one attached hydrogen (secondary N) is 1. The van der Waals surface area contributed by atoms with Crippen molar-refractivity contribution in [3.8, 4) is 5.75 Å². The van der Waals surface area contributed by atoms with Crippen LogP contribution in [0.1, 0.15) is 35.7 Å². The lowest BCUT2D eigenvalue weighted by molar-refractivity contribution is -0.140. The summed E-state index contributed by atoms with van der Waals surface area (Å²) >= 11 is 0. The lowest BCUT2D eigenvalue weighted by Gasteiger charge is -2.28. The Bertz CT molecular complexity index is 1150. The molecule has 10 heteroatoms. The van der Waals surface area contributed by atoms with E-state index in [9.17, 15) is 22.8 Å². The van der Waals surface area contributed by atoms with Gasteiger partial charge in [-0.1, -0.05) is 24.3 Å². The summed E-state index contributed by atoms with van der Waals surface area (Å²) in [7, 11) is -0.865. The summed E-state index contributed by atoms with van der Waals surface area (Å²) in [5.41, 5.74) is 0.950. The summed E-state index contributed by atoms with van der Waals surface area (Å²) in [6, 6.07) is 12.5. The standard InChI is InChI=1S/C23H27N3O6S/c1-16(22(28)24-2)25(15-17-10-12-18(32-3)13-11-17)21(27)9-6-14-26-23(29)19-7-4-5-8-20(19)33(26,30)31/h4-5,7-8,10-13,16H,6,9,14-15H2,1-3H3,(H,24,28)/t16-/m0/s1. The highest BCUT2D eigenvalue weighted by molar-refractivity contribution is 7.90. The Balaban J connectivity index is 1.69. The molecule has 0 aromatic heterocycles. The molecule has 1 N–H and O–H groups in total. The number of hydrogen-bond acceptors (Lipinski definition) is 6. The van der Waals surface area contributed by atoms with Gasteiger partial charge in [-0.15, -0.1) is 0 Å². The quantitative estimate of drug-likeness (QED) is 0.594. The molecule has 3 rings (SSSR count). The van der Waals surface area contributed by atoms with Gasteiger partial charge in [-0.3, -0.25) is 14.4 Å². The number of fused-ring (bicyclic) bond motifs is 1. The molecule has 0 bridgehead atoms. The molecule has 1 aliphatic heterocycles. The highest BCUT2D eigenvalue weighted by Crippen LogP contribution is 2.30. The van der Waals surface area contributed by atoms with Gasteiger partial charge in [0.2, 0.25) is 11.8 Å². The second kappa shape index (κ2) is 10.0. The summed E-state index contributed by atoms with van der Waals surface area (Å²) in [6.45, 7) is 1.71. The molecule has 0 saturated carbocycles. The van der Waals surface area contributed by atoms with Crippen molar-refractivity contribution in [3.05, 3.63) is 59.7 Å². The van der Waals surface area contributed by atoms with E-state index < -0.39 is 22.0 Å². The van der Waals surface area contributed by atoms with E-state index in [1.807, 2.05) is 12.1 Å². The second-order valence-corrected chi connectivity index (χ2v) is 9.47. The number of rotatable bonds is 9. The number of amides is 3. The van der Waals surface area contributed by atoms with Crippen LogP contribution < -0.4 is 10.1 Å². The van der Waals surface area contributed by atoms with Crippen molar-refractivity contribution in [3.63, 3.8) is 0 Å². The first-order chi connectivity index (χ1) is 15.7. The summed E-state index contributed by atoms with van der Waals surface area (Å²) in [4.78, 5) is 39.2. The molecule has 0 spiro atoms. The van der Waals surface area contributed by atoms with Crippen LogP contribution in [0.4, 0.5) is 0 Å². The molecule has 0 aliphatic carbocycles. The van der Waals surface area contributed by atoms with Gasteiger partial charge < -0.3 is 15.0 Å². The van der Waals surface area contributed by atoms with Crippen LogP contribution in [0.15, 0.2) is 53.4 Å². The predicted octanol–water partition coefficient (Wildman–Crippen LogP) is 1.78. The molecule has 176 valence electrons. The number of carbonyl (C=O) groups is 3. The molecule has 1 atom stereocenters. The third kappa shape index (κ3) is 5.00. The van der Waals surface area contributed by atoms with E-state index in [0.717, 1.165) is 9.87 Å². The number of ether oxygens (including phenoxy) is 1. The van der Waals surface area contributed by atoms with Crippen molar-refractivity contribution < 1.29 is 27.5 Å². The molecule has 0 radical (unpaired) electrons. The highest BCUT2D eigenvalue weighted by atomic mass is 32.2. The molecule has 0 saturated heterocycles. The molecule has 3 amide bonds. The average Bonchev–Trinajstić information content (AvgIpc) is 3.02. The van der Waals surface area contributed by atoms with E-state index in [2.05, 4.69) is 5.32 Å². The van der Waals surface area contributed by atoms with E-state index in [0.29, 0.717) is 5.75 Å². The van der Waals surface area contributed by atoms with E-state index in [1.165, 1.54) is 24.1 Å². The topological polar surface area (TPSA) is 113 Å². The van der Waals surface area contributed by atoms with Gasteiger partial charge in [0.25, 0.3) is 15.9 Å². The Labute approximate surface area is 193 Å². The number of carbonyl (C=O) groups excluding carboxylic acids is 3. The molecular weight excluding hydrogens is 446 g/mol.